The van der Waals surface area contributed by atoms with Crippen molar-refractivity contribution in [3.63, 3.8) is 0 Å². The molecule has 1 fully saturated rings. The van der Waals surface area contributed by atoms with Crippen LogP contribution in [0, 0.1) is 12.7 Å². The van der Waals surface area contributed by atoms with E-state index in [1.807, 2.05) is 6.07 Å². The number of benzene rings is 2. The molecule has 2 aromatic carbocycles. The predicted molar refractivity (Wildman–Crippen MR) is 129 cm³/mol. The Kier molecular flexibility index (Phi) is 5.96. The molecular formula is C25H20ClFN4O4. The molecule has 0 saturated carbocycles. The SMILES string of the molecule is Cc1cc(N2CCOCC2)cc(Cl)c1C(=O)n1nc(-c2ccc(C(=O)O)cc2F)c2ncccc21. The molecule has 0 radical (unpaired) electrons. The summed E-state index contributed by atoms with van der Waals surface area (Å²) in [4.78, 5) is 31.3. The Bertz CT molecular complexity index is 1460. The lowest BCUT2D eigenvalue weighted by Gasteiger charge is -2.29. The van der Waals surface area contributed by atoms with Gasteiger partial charge in [-0.05, 0) is 55.0 Å². The number of nitrogens with zero attached hydrogens (tertiary/aromatic N) is 4. The summed E-state index contributed by atoms with van der Waals surface area (Å²) in [5.74, 6) is -2.50. The third kappa shape index (κ3) is 4.13. The van der Waals surface area contributed by atoms with Gasteiger partial charge in [0.05, 0.1) is 34.9 Å². The zero-order valence-electron chi connectivity index (χ0n) is 18.7. The fourth-order valence-electron chi connectivity index (χ4n) is 4.23. The van der Waals surface area contributed by atoms with Gasteiger partial charge in [0.15, 0.2) is 0 Å². The molecule has 8 nitrogen and oxygen atoms in total. The van der Waals surface area contributed by atoms with Crippen LogP contribution >= 0.6 is 11.6 Å². The molecule has 2 aromatic heterocycles. The second kappa shape index (κ2) is 9.09. The molecule has 1 N–H and O–H groups in total. The minimum Gasteiger partial charge on any atom is -0.478 e. The standard InChI is InChI=1S/C25H20ClFN4O4/c1-14-11-16(30-7-9-35-10-8-30)13-18(26)21(14)24(32)31-20-3-2-6-28-23(20)22(29-31)17-5-4-15(25(33)34)12-19(17)27/h2-6,11-13H,7-10H2,1H3,(H,33,34). The number of aromatic nitrogens is 3. The molecule has 178 valence electrons. The molecule has 0 amide bonds. The number of halogens is 2. The number of carbonyl (C=O) groups excluding carboxylic acids is 1. The first-order valence-electron chi connectivity index (χ1n) is 10.9. The smallest absolute Gasteiger partial charge is 0.335 e. The van der Waals surface area contributed by atoms with Crippen molar-refractivity contribution in [1.82, 2.24) is 14.8 Å². The number of carbonyl (C=O) groups is 2. The number of ether oxygens (including phenoxy) is 1. The lowest BCUT2D eigenvalue weighted by molar-refractivity contribution is 0.0696. The molecule has 1 saturated heterocycles. The Morgan fingerprint density at radius 2 is 1.91 bits per heavy atom. The van der Waals surface area contributed by atoms with Gasteiger partial charge in [0.2, 0.25) is 0 Å². The van der Waals surface area contributed by atoms with E-state index in [1.165, 1.54) is 18.3 Å². The molecule has 0 atom stereocenters. The van der Waals surface area contributed by atoms with Gasteiger partial charge in [0.1, 0.15) is 17.0 Å². The Morgan fingerprint density at radius 3 is 2.60 bits per heavy atom. The minimum absolute atomic E-state index is 0.0377. The van der Waals surface area contributed by atoms with Crippen LogP contribution in [0.1, 0.15) is 26.3 Å². The highest BCUT2D eigenvalue weighted by molar-refractivity contribution is 6.34. The fourth-order valence-corrected chi connectivity index (χ4v) is 4.58. The molecular weight excluding hydrogens is 475 g/mol. The van der Waals surface area contributed by atoms with Crippen LogP contribution in [0.15, 0.2) is 48.7 Å². The van der Waals surface area contributed by atoms with Crippen molar-refractivity contribution in [3.8, 4) is 11.3 Å². The number of aromatic carboxylic acids is 1. The number of hydrogen-bond acceptors (Lipinski definition) is 6. The topological polar surface area (TPSA) is 97.6 Å². The van der Waals surface area contributed by atoms with E-state index in [1.54, 1.807) is 25.1 Å². The maximum Gasteiger partial charge on any atom is 0.335 e. The summed E-state index contributed by atoms with van der Waals surface area (Å²) < 4.78 is 21.4. The van der Waals surface area contributed by atoms with Gasteiger partial charge < -0.3 is 14.7 Å². The van der Waals surface area contributed by atoms with Gasteiger partial charge >= 0.3 is 5.97 Å². The van der Waals surface area contributed by atoms with Crippen molar-refractivity contribution in [2.45, 2.75) is 6.92 Å². The van der Waals surface area contributed by atoms with Crippen LogP contribution in [0.2, 0.25) is 5.02 Å². The highest BCUT2D eigenvalue weighted by Crippen LogP contribution is 2.32. The zero-order valence-corrected chi connectivity index (χ0v) is 19.4. The van der Waals surface area contributed by atoms with E-state index < -0.39 is 17.7 Å². The number of morpholine rings is 1. The van der Waals surface area contributed by atoms with Crippen LogP contribution in [0.5, 0.6) is 0 Å². The maximum atomic E-state index is 14.8. The second-order valence-corrected chi connectivity index (χ2v) is 8.56. The van der Waals surface area contributed by atoms with Gasteiger partial charge in [0.25, 0.3) is 5.91 Å². The fraction of sp³-hybridized carbons (Fsp3) is 0.200. The van der Waals surface area contributed by atoms with E-state index in [-0.39, 0.29) is 27.4 Å². The number of pyridine rings is 1. The van der Waals surface area contributed by atoms with E-state index in [4.69, 9.17) is 21.4 Å². The van der Waals surface area contributed by atoms with E-state index in [0.717, 1.165) is 29.5 Å². The number of carboxylic acid groups (broad SMARTS) is 1. The number of fused-ring (bicyclic) bond motifs is 1. The lowest BCUT2D eigenvalue weighted by Crippen LogP contribution is -2.36. The number of aryl methyl sites for hydroxylation is 1. The van der Waals surface area contributed by atoms with Crippen LogP contribution in [-0.4, -0.2) is 58.1 Å². The summed E-state index contributed by atoms with van der Waals surface area (Å²) >= 11 is 6.59. The van der Waals surface area contributed by atoms with Crippen LogP contribution in [0.4, 0.5) is 10.1 Å². The largest absolute Gasteiger partial charge is 0.478 e. The Hall–Kier alpha value is -3.82. The molecule has 10 heteroatoms. The first kappa shape index (κ1) is 22.9. The maximum absolute atomic E-state index is 14.8. The average molecular weight is 495 g/mol. The summed E-state index contributed by atoms with van der Waals surface area (Å²) in [7, 11) is 0. The van der Waals surface area contributed by atoms with Gasteiger partial charge in [-0.15, -0.1) is 0 Å². The molecule has 0 unspecified atom stereocenters. The third-order valence-electron chi connectivity index (χ3n) is 5.96. The molecule has 1 aliphatic rings. The van der Waals surface area contributed by atoms with E-state index in [9.17, 15) is 14.0 Å². The zero-order chi connectivity index (χ0) is 24.7. The van der Waals surface area contributed by atoms with Gasteiger partial charge in [-0.25, -0.2) is 9.18 Å². The molecule has 35 heavy (non-hydrogen) atoms. The van der Waals surface area contributed by atoms with Crippen molar-refractivity contribution < 1.29 is 23.8 Å². The highest BCUT2D eigenvalue weighted by atomic mass is 35.5. The minimum atomic E-state index is -1.25. The summed E-state index contributed by atoms with van der Waals surface area (Å²) in [6.07, 6.45) is 1.52. The molecule has 1 aliphatic heterocycles. The Labute approximate surface area is 204 Å². The van der Waals surface area contributed by atoms with E-state index >= 15 is 0 Å². The monoisotopic (exact) mass is 494 g/mol. The van der Waals surface area contributed by atoms with E-state index in [0.29, 0.717) is 29.8 Å². The Morgan fingerprint density at radius 1 is 1.14 bits per heavy atom. The van der Waals surface area contributed by atoms with E-state index in [2.05, 4.69) is 15.0 Å². The quantitative estimate of drug-likeness (QED) is 0.448. The first-order valence-corrected chi connectivity index (χ1v) is 11.3. The third-order valence-corrected chi connectivity index (χ3v) is 6.26. The summed E-state index contributed by atoms with van der Waals surface area (Å²) in [5, 5.41) is 13.8. The van der Waals surface area contributed by atoms with Crippen molar-refractivity contribution in [2.24, 2.45) is 0 Å². The molecule has 5 rings (SSSR count). The number of hydrogen-bond donors (Lipinski definition) is 1. The van der Waals surface area contributed by atoms with Gasteiger partial charge in [-0.1, -0.05) is 11.6 Å². The lowest BCUT2D eigenvalue weighted by atomic mass is 10.1. The first-order chi connectivity index (χ1) is 16.8. The Balaban J connectivity index is 1.60. The molecule has 4 aromatic rings. The molecule has 0 aliphatic carbocycles. The molecule has 3 heterocycles. The van der Waals surface area contributed by atoms with Crippen LogP contribution in [-0.2, 0) is 4.74 Å². The molecule has 0 bridgehead atoms. The van der Waals surface area contributed by atoms with Gasteiger partial charge in [-0.3, -0.25) is 9.78 Å². The second-order valence-electron chi connectivity index (χ2n) is 8.16. The number of anilines is 1. The number of rotatable bonds is 4. The van der Waals surface area contributed by atoms with Crippen LogP contribution < -0.4 is 4.90 Å². The van der Waals surface area contributed by atoms with Crippen LogP contribution in [0.25, 0.3) is 22.3 Å². The predicted octanol–water partition coefficient (Wildman–Crippen LogP) is 4.42. The number of carboxylic acids is 1. The average Bonchev–Trinajstić information content (AvgIpc) is 3.23. The van der Waals surface area contributed by atoms with Crippen molar-refractivity contribution in [1.29, 1.82) is 0 Å². The molecule has 0 spiro atoms. The highest BCUT2D eigenvalue weighted by Gasteiger charge is 2.25. The summed E-state index contributed by atoms with van der Waals surface area (Å²) in [5.41, 5.74) is 2.52. The van der Waals surface area contributed by atoms with Crippen molar-refractivity contribution in [3.05, 3.63) is 76.2 Å². The normalized spacial score (nSPS) is 13.9. The summed E-state index contributed by atoms with van der Waals surface area (Å²) in [6, 6.07) is 10.5. The summed E-state index contributed by atoms with van der Waals surface area (Å²) in [6.45, 7) is 4.51. The van der Waals surface area contributed by atoms with Crippen molar-refractivity contribution in [2.75, 3.05) is 31.2 Å². The van der Waals surface area contributed by atoms with Gasteiger partial charge in [-0.2, -0.15) is 9.78 Å². The van der Waals surface area contributed by atoms with Crippen molar-refractivity contribution >= 4 is 40.2 Å². The van der Waals surface area contributed by atoms with Gasteiger partial charge in [0, 0.05) is 30.5 Å². The van der Waals surface area contributed by atoms with Crippen LogP contribution in [0.3, 0.4) is 0 Å².